The van der Waals surface area contributed by atoms with E-state index in [4.69, 9.17) is 23.7 Å². The Labute approximate surface area is 158 Å². The molecular formula is C20H24O7. The van der Waals surface area contributed by atoms with Crippen LogP contribution in [-0.4, -0.2) is 50.9 Å². The Bertz CT molecular complexity index is 803. The lowest BCUT2D eigenvalue weighted by molar-refractivity contribution is -0.115. The van der Waals surface area contributed by atoms with Gasteiger partial charge in [-0.25, -0.2) is 0 Å². The van der Waals surface area contributed by atoms with Gasteiger partial charge in [-0.15, -0.1) is 0 Å². The monoisotopic (exact) mass is 376 g/mol. The largest absolute Gasteiger partial charge is 0.497 e. The van der Waals surface area contributed by atoms with Crippen LogP contribution in [0.1, 0.15) is 17.2 Å². The third kappa shape index (κ3) is 3.36. The number of fused-ring (bicyclic) bond motifs is 1. The second-order valence-corrected chi connectivity index (χ2v) is 6.38. The summed E-state index contributed by atoms with van der Waals surface area (Å²) in [5, 5.41) is 22.1. The zero-order chi connectivity index (χ0) is 19.6. The van der Waals surface area contributed by atoms with Crippen LogP contribution in [0.5, 0.6) is 28.7 Å². The van der Waals surface area contributed by atoms with Crippen LogP contribution in [0.2, 0.25) is 0 Å². The van der Waals surface area contributed by atoms with E-state index in [-0.39, 0.29) is 18.8 Å². The molecule has 3 rings (SSSR count). The van der Waals surface area contributed by atoms with Crippen molar-refractivity contribution >= 4 is 0 Å². The first-order valence-corrected chi connectivity index (χ1v) is 8.46. The van der Waals surface area contributed by atoms with Gasteiger partial charge in [0.25, 0.3) is 0 Å². The molecule has 146 valence electrons. The maximum atomic E-state index is 11.1. The summed E-state index contributed by atoms with van der Waals surface area (Å²) in [6.45, 7) is -0.0775. The van der Waals surface area contributed by atoms with Crippen molar-refractivity contribution in [2.24, 2.45) is 0 Å². The van der Waals surface area contributed by atoms with Gasteiger partial charge >= 0.3 is 0 Å². The van der Waals surface area contributed by atoms with E-state index >= 15 is 0 Å². The van der Waals surface area contributed by atoms with Gasteiger partial charge in [-0.2, -0.15) is 0 Å². The van der Waals surface area contributed by atoms with Gasteiger partial charge in [-0.05, 0) is 17.7 Å². The maximum Gasteiger partial charge on any atom is 0.203 e. The molecule has 7 nitrogen and oxygen atoms in total. The number of aliphatic hydroxyl groups excluding tert-OH is 1. The van der Waals surface area contributed by atoms with E-state index in [2.05, 4.69) is 0 Å². The highest BCUT2D eigenvalue weighted by molar-refractivity contribution is 5.63. The molecule has 1 heterocycles. The summed E-state index contributed by atoms with van der Waals surface area (Å²) >= 11 is 0. The molecule has 2 atom stereocenters. The second-order valence-electron chi connectivity index (χ2n) is 6.38. The smallest absolute Gasteiger partial charge is 0.203 e. The number of aliphatic hydroxyl groups is 2. The molecule has 0 bridgehead atoms. The Hall–Kier alpha value is -2.64. The maximum absolute atomic E-state index is 11.1. The number of methoxy groups -OCH3 is 4. The lowest BCUT2D eigenvalue weighted by Crippen LogP contribution is -2.47. The summed E-state index contributed by atoms with van der Waals surface area (Å²) in [7, 11) is 6.03. The topological polar surface area (TPSA) is 86.6 Å². The first-order chi connectivity index (χ1) is 13.0. The summed E-state index contributed by atoms with van der Waals surface area (Å²) in [4.78, 5) is 0. The van der Waals surface area contributed by atoms with Crippen LogP contribution < -0.4 is 23.7 Å². The van der Waals surface area contributed by atoms with E-state index in [0.717, 1.165) is 11.3 Å². The molecule has 0 aliphatic carbocycles. The fourth-order valence-corrected chi connectivity index (χ4v) is 3.33. The molecule has 0 amide bonds. The van der Waals surface area contributed by atoms with Gasteiger partial charge < -0.3 is 33.9 Å². The summed E-state index contributed by atoms with van der Waals surface area (Å²) in [6, 6.07) is 8.90. The molecule has 2 aromatic rings. The lowest BCUT2D eigenvalue weighted by Gasteiger charge is -2.39. The van der Waals surface area contributed by atoms with E-state index in [9.17, 15) is 10.2 Å². The van der Waals surface area contributed by atoms with Crippen molar-refractivity contribution in [2.45, 2.75) is 18.1 Å². The zero-order valence-electron chi connectivity index (χ0n) is 15.8. The molecule has 0 aromatic heterocycles. The predicted molar refractivity (Wildman–Crippen MR) is 98.2 cm³/mol. The first kappa shape index (κ1) is 19.1. The van der Waals surface area contributed by atoms with Crippen molar-refractivity contribution in [3.05, 3.63) is 41.5 Å². The fourth-order valence-electron chi connectivity index (χ4n) is 3.33. The molecule has 0 spiro atoms. The van der Waals surface area contributed by atoms with Crippen LogP contribution in [0.15, 0.2) is 30.3 Å². The Morgan fingerprint density at radius 3 is 2.22 bits per heavy atom. The van der Waals surface area contributed by atoms with Gasteiger partial charge in [-0.1, -0.05) is 12.1 Å². The Morgan fingerprint density at radius 1 is 1.00 bits per heavy atom. The van der Waals surface area contributed by atoms with E-state index in [0.29, 0.717) is 22.8 Å². The summed E-state index contributed by atoms with van der Waals surface area (Å²) < 4.78 is 27.0. The van der Waals surface area contributed by atoms with Crippen molar-refractivity contribution in [1.29, 1.82) is 0 Å². The summed E-state index contributed by atoms with van der Waals surface area (Å²) in [5.41, 5.74) is -0.365. The van der Waals surface area contributed by atoms with Crippen molar-refractivity contribution in [1.82, 2.24) is 0 Å². The molecule has 27 heavy (non-hydrogen) atoms. The molecule has 0 fully saturated rings. The lowest BCUT2D eigenvalue weighted by atomic mass is 9.83. The Kier molecular flexibility index (Phi) is 5.34. The van der Waals surface area contributed by atoms with Gasteiger partial charge in [0.15, 0.2) is 11.5 Å². The number of rotatable bonds is 6. The number of benzene rings is 2. The SMILES string of the molecule is COc1ccc(C[C@@]2(O)COc3cc(OC)c(OC)c(OC)c3[C@@H]2O)cc1. The first-order valence-electron chi connectivity index (χ1n) is 8.46. The molecule has 1 aliphatic heterocycles. The van der Waals surface area contributed by atoms with E-state index in [1.165, 1.54) is 21.3 Å². The zero-order valence-corrected chi connectivity index (χ0v) is 15.8. The molecule has 2 aromatic carbocycles. The molecule has 0 radical (unpaired) electrons. The molecule has 2 N–H and O–H groups in total. The molecular weight excluding hydrogens is 352 g/mol. The van der Waals surface area contributed by atoms with Gasteiger partial charge in [-0.3, -0.25) is 0 Å². The Balaban J connectivity index is 1.99. The average Bonchev–Trinajstić information content (AvgIpc) is 2.70. The molecule has 7 heteroatoms. The van der Waals surface area contributed by atoms with Gasteiger partial charge in [0.05, 0.1) is 34.0 Å². The second kappa shape index (κ2) is 7.54. The highest BCUT2D eigenvalue weighted by Crippen LogP contribution is 2.52. The summed E-state index contributed by atoms with van der Waals surface area (Å²) in [5.74, 6) is 2.12. The van der Waals surface area contributed by atoms with Crippen LogP contribution >= 0.6 is 0 Å². The molecule has 0 saturated carbocycles. The van der Waals surface area contributed by atoms with Crippen molar-refractivity contribution < 1.29 is 33.9 Å². The minimum Gasteiger partial charge on any atom is -0.497 e. The highest BCUT2D eigenvalue weighted by atomic mass is 16.5. The minimum absolute atomic E-state index is 0.0775. The fraction of sp³-hybridized carbons (Fsp3) is 0.400. The van der Waals surface area contributed by atoms with E-state index in [1.807, 2.05) is 12.1 Å². The molecule has 0 unspecified atom stereocenters. The van der Waals surface area contributed by atoms with Crippen molar-refractivity contribution in [3.63, 3.8) is 0 Å². The van der Waals surface area contributed by atoms with Gasteiger partial charge in [0.2, 0.25) is 5.75 Å². The van der Waals surface area contributed by atoms with Crippen LogP contribution in [0.3, 0.4) is 0 Å². The van der Waals surface area contributed by atoms with Gasteiger partial charge in [0.1, 0.15) is 29.8 Å². The van der Waals surface area contributed by atoms with Crippen LogP contribution in [0, 0.1) is 0 Å². The van der Waals surface area contributed by atoms with Crippen molar-refractivity contribution in [2.75, 3.05) is 35.0 Å². The number of hydrogen-bond donors (Lipinski definition) is 2. The van der Waals surface area contributed by atoms with Crippen LogP contribution in [0.25, 0.3) is 0 Å². The highest BCUT2D eigenvalue weighted by Gasteiger charge is 2.45. The van der Waals surface area contributed by atoms with Crippen LogP contribution in [-0.2, 0) is 6.42 Å². The average molecular weight is 376 g/mol. The normalized spacial score (nSPS) is 21.0. The van der Waals surface area contributed by atoms with E-state index < -0.39 is 11.7 Å². The predicted octanol–water partition coefficient (Wildman–Crippen LogP) is 2.12. The molecule has 0 saturated heterocycles. The van der Waals surface area contributed by atoms with Gasteiger partial charge in [0, 0.05) is 12.5 Å². The quantitative estimate of drug-likeness (QED) is 0.799. The number of ether oxygens (including phenoxy) is 5. The number of hydrogen-bond acceptors (Lipinski definition) is 7. The standard InChI is InChI=1S/C20H24O7/c1-23-13-7-5-12(6-8-13)10-20(22)11-27-14-9-15(24-2)17(25-3)18(26-4)16(14)19(20)21/h5-9,19,21-22H,10-11H2,1-4H3/t19-,20+/m0/s1. The van der Waals surface area contributed by atoms with E-state index in [1.54, 1.807) is 25.3 Å². The molecule has 1 aliphatic rings. The third-order valence-electron chi connectivity index (χ3n) is 4.76. The summed E-state index contributed by atoms with van der Waals surface area (Å²) in [6.07, 6.45) is -1.05. The Morgan fingerprint density at radius 2 is 1.67 bits per heavy atom. The van der Waals surface area contributed by atoms with Crippen molar-refractivity contribution in [3.8, 4) is 28.7 Å². The minimum atomic E-state index is -1.53. The van der Waals surface area contributed by atoms with Crippen LogP contribution in [0.4, 0.5) is 0 Å². The third-order valence-corrected chi connectivity index (χ3v) is 4.76.